The third-order valence-electron chi connectivity index (χ3n) is 4.64. The number of ether oxygens (including phenoxy) is 2. The Kier molecular flexibility index (Phi) is 5.68. The minimum Gasteiger partial charge on any atom is -0.497 e. The number of aryl methyl sites for hydroxylation is 1. The molecular formula is C22H20N4O4S. The molecular weight excluding hydrogens is 416 g/mol. The van der Waals surface area contributed by atoms with Crippen molar-refractivity contribution in [2.45, 2.75) is 13.5 Å². The van der Waals surface area contributed by atoms with E-state index in [1.807, 2.05) is 31.2 Å². The first-order chi connectivity index (χ1) is 15.0. The van der Waals surface area contributed by atoms with E-state index in [-0.39, 0.29) is 12.5 Å². The van der Waals surface area contributed by atoms with Crippen molar-refractivity contribution in [2.24, 2.45) is 0 Å². The summed E-state index contributed by atoms with van der Waals surface area (Å²) in [6.45, 7) is 1.60. The van der Waals surface area contributed by atoms with E-state index in [0.717, 1.165) is 15.3 Å². The molecule has 4 rings (SSSR count). The van der Waals surface area contributed by atoms with Crippen molar-refractivity contribution in [3.05, 3.63) is 63.9 Å². The molecule has 0 unspecified atom stereocenters. The lowest BCUT2D eigenvalue weighted by molar-refractivity contribution is -0.117. The van der Waals surface area contributed by atoms with Crippen LogP contribution in [0.5, 0.6) is 11.5 Å². The van der Waals surface area contributed by atoms with E-state index in [0.29, 0.717) is 33.1 Å². The SMILES string of the molecule is COc1ccc(NC(=O)Cn2nc(-c3ccc(OC)cc3)c3sc(C)nc3c2=O)cc1. The quantitative estimate of drug-likeness (QED) is 0.497. The van der Waals surface area contributed by atoms with E-state index >= 15 is 0 Å². The first-order valence-electron chi connectivity index (χ1n) is 9.45. The maximum absolute atomic E-state index is 12.9. The van der Waals surface area contributed by atoms with E-state index in [1.54, 1.807) is 38.5 Å². The number of amides is 1. The fourth-order valence-electron chi connectivity index (χ4n) is 3.12. The van der Waals surface area contributed by atoms with Gasteiger partial charge in [-0.3, -0.25) is 9.59 Å². The van der Waals surface area contributed by atoms with E-state index < -0.39 is 5.56 Å². The van der Waals surface area contributed by atoms with Gasteiger partial charge in [-0.15, -0.1) is 11.3 Å². The summed E-state index contributed by atoms with van der Waals surface area (Å²) in [6, 6.07) is 14.3. The molecule has 0 aliphatic rings. The van der Waals surface area contributed by atoms with Crippen LogP contribution in [0.25, 0.3) is 21.5 Å². The highest BCUT2D eigenvalue weighted by molar-refractivity contribution is 7.19. The number of benzene rings is 2. The predicted octanol–water partition coefficient (Wildman–Crippen LogP) is 3.48. The van der Waals surface area contributed by atoms with Gasteiger partial charge in [0.1, 0.15) is 23.7 Å². The Morgan fingerprint density at radius 1 is 1.03 bits per heavy atom. The van der Waals surface area contributed by atoms with Crippen LogP contribution in [0.2, 0.25) is 0 Å². The Labute approximate surface area is 182 Å². The Morgan fingerprint density at radius 2 is 1.65 bits per heavy atom. The Bertz CT molecular complexity index is 1290. The van der Waals surface area contributed by atoms with Crippen LogP contribution >= 0.6 is 11.3 Å². The van der Waals surface area contributed by atoms with Gasteiger partial charge in [0.2, 0.25) is 5.91 Å². The average molecular weight is 436 g/mol. The second-order valence-electron chi connectivity index (χ2n) is 6.73. The topological polar surface area (TPSA) is 95.3 Å². The summed E-state index contributed by atoms with van der Waals surface area (Å²) in [5.74, 6) is 1.03. The Balaban J connectivity index is 1.69. The van der Waals surface area contributed by atoms with Crippen molar-refractivity contribution in [2.75, 3.05) is 19.5 Å². The molecule has 2 aromatic heterocycles. The summed E-state index contributed by atoms with van der Waals surface area (Å²) in [6.07, 6.45) is 0. The largest absolute Gasteiger partial charge is 0.497 e. The third-order valence-corrected chi connectivity index (χ3v) is 5.62. The lowest BCUT2D eigenvalue weighted by atomic mass is 10.1. The molecule has 1 amide bonds. The summed E-state index contributed by atoms with van der Waals surface area (Å²) in [5.41, 5.74) is 1.90. The number of carbonyl (C=O) groups excluding carboxylic acids is 1. The van der Waals surface area contributed by atoms with Crippen LogP contribution in [0.15, 0.2) is 53.3 Å². The summed E-state index contributed by atoms with van der Waals surface area (Å²) in [7, 11) is 3.17. The van der Waals surface area contributed by atoms with Crippen LogP contribution in [0, 0.1) is 6.92 Å². The van der Waals surface area contributed by atoms with Gasteiger partial charge in [0, 0.05) is 11.3 Å². The van der Waals surface area contributed by atoms with E-state index in [2.05, 4.69) is 15.4 Å². The van der Waals surface area contributed by atoms with Crippen LogP contribution in [0.4, 0.5) is 5.69 Å². The number of hydrogen-bond acceptors (Lipinski definition) is 7. The zero-order valence-electron chi connectivity index (χ0n) is 17.2. The Morgan fingerprint density at radius 3 is 2.26 bits per heavy atom. The smallest absolute Gasteiger partial charge is 0.294 e. The molecule has 158 valence electrons. The number of hydrogen-bond donors (Lipinski definition) is 1. The number of thiazole rings is 1. The zero-order chi connectivity index (χ0) is 22.0. The molecule has 4 aromatic rings. The predicted molar refractivity (Wildman–Crippen MR) is 120 cm³/mol. The highest BCUT2D eigenvalue weighted by atomic mass is 32.1. The van der Waals surface area contributed by atoms with Crippen molar-refractivity contribution in [1.82, 2.24) is 14.8 Å². The number of methoxy groups -OCH3 is 2. The standard InChI is InChI=1S/C22H20N4O4S/c1-13-23-20-21(31-13)19(14-4-8-16(29-2)9-5-14)25-26(22(20)28)12-18(27)24-15-6-10-17(30-3)11-7-15/h4-11H,12H2,1-3H3,(H,24,27). The van der Waals surface area contributed by atoms with Crippen molar-refractivity contribution < 1.29 is 14.3 Å². The van der Waals surface area contributed by atoms with Crippen molar-refractivity contribution in [3.8, 4) is 22.8 Å². The van der Waals surface area contributed by atoms with Gasteiger partial charge in [-0.1, -0.05) is 0 Å². The van der Waals surface area contributed by atoms with Crippen molar-refractivity contribution >= 4 is 33.1 Å². The summed E-state index contributed by atoms with van der Waals surface area (Å²) in [5, 5.41) is 8.02. The first-order valence-corrected chi connectivity index (χ1v) is 10.3. The maximum atomic E-state index is 12.9. The lowest BCUT2D eigenvalue weighted by Crippen LogP contribution is -2.30. The van der Waals surface area contributed by atoms with Gasteiger partial charge in [0.25, 0.3) is 5.56 Å². The van der Waals surface area contributed by atoms with Gasteiger partial charge in [0.15, 0.2) is 5.52 Å². The number of fused-ring (bicyclic) bond motifs is 1. The molecule has 8 nitrogen and oxygen atoms in total. The molecule has 31 heavy (non-hydrogen) atoms. The maximum Gasteiger partial charge on any atom is 0.294 e. The summed E-state index contributed by atoms with van der Waals surface area (Å²) < 4.78 is 12.2. The number of anilines is 1. The molecule has 0 aliphatic carbocycles. The second kappa shape index (κ2) is 8.57. The average Bonchev–Trinajstić information content (AvgIpc) is 3.18. The number of rotatable bonds is 6. The zero-order valence-corrected chi connectivity index (χ0v) is 18.0. The molecule has 0 atom stereocenters. The number of carbonyl (C=O) groups is 1. The van der Waals surface area contributed by atoms with Crippen LogP contribution in [0.1, 0.15) is 5.01 Å². The second-order valence-corrected chi connectivity index (χ2v) is 7.93. The first kappa shape index (κ1) is 20.5. The summed E-state index contributed by atoms with van der Waals surface area (Å²) in [4.78, 5) is 29.9. The normalized spacial score (nSPS) is 10.8. The molecule has 0 aliphatic heterocycles. The molecule has 2 heterocycles. The van der Waals surface area contributed by atoms with Crippen molar-refractivity contribution in [1.29, 1.82) is 0 Å². The fourth-order valence-corrected chi connectivity index (χ4v) is 4.04. The molecule has 9 heteroatoms. The van der Waals surface area contributed by atoms with E-state index in [9.17, 15) is 9.59 Å². The minimum absolute atomic E-state index is 0.236. The van der Waals surface area contributed by atoms with Gasteiger partial charge < -0.3 is 14.8 Å². The molecule has 0 radical (unpaired) electrons. The van der Waals surface area contributed by atoms with Gasteiger partial charge in [0.05, 0.1) is 23.9 Å². The molecule has 0 fully saturated rings. The number of nitrogens with one attached hydrogen (secondary N) is 1. The van der Waals surface area contributed by atoms with Crippen LogP contribution in [-0.4, -0.2) is 34.9 Å². The third kappa shape index (κ3) is 4.26. The highest BCUT2D eigenvalue weighted by Crippen LogP contribution is 2.30. The van der Waals surface area contributed by atoms with Crippen LogP contribution in [0.3, 0.4) is 0 Å². The summed E-state index contributed by atoms with van der Waals surface area (Å²) >= 11 is 1.40. The molecule has 0 spiro atoms. The van der Waals surface area contributed by atoms with Gasteiger partial charge in [-0.2, -0.15) is 5.10 Å². The minimum atomic E-state index is -0.401. The van der Waals surface area contributed by atoms with Gasteiger partial charge >= 0.3 is 0 Å². The molecule has 0 saturated heterocycles. The fraction of sp³-hybridized carbons (Fsp3) is 0.182. The lowest BCUT2D eigenvalue weighted by Gasteiger charge is -2.10. The monoisotopic (exact) mass is 436 g/mol. The molecule has 1 N–H and O–H groups in total. The molecule has 2 aromatic carbocycles. The van der Waals surface area contributed by atoms with Gasteiger partial charge in [-0.05, 0) is 55.5 Å². The highest BCUT2D eigenvalue weighted by Gasteiger charge is 2.18. The molecule has 0 saturated carbocycles. The van der Waals surface area contributed by atoms with Gasteiger partial charge in [-0.25, -0.2) is 9.67 Å². The van der Waals surface area contributed by atoms with E-state index in [1.165, 1.54) is 11.3 Å². The number of aromatic nitrogens is 3. The van der Waals surface area contributed by atoms with Crippen molar-refractivity contribution in [3.63, 3.8) is 0 Å². The van der Waals surface area contributed by atoms with Crippen LogP contribution < -0.4 is 20.3 Å². The van der Waals surface area contributed by atoms with E-state index in [4.69, 9.17) is 9.47 Å². The van der Waals surface area contributed by atoms with Crippen LogP contribution in [-0.2, 0) is 11.3 Å². The Hall–Kier alpha value is -3.72. The number of nitrogens with zero attached hydrogens (tertiary/aromatic N) is 3. The molecule has 0 bridgehead atoms.